The first kappa shape index (κ1) is 19.9. The molecule has 1 unspecified atom stereocenters. The number of nitrogens with one attached hydrogen (secondary N) is 1. The Balaban J connectivity index is 1.35. The van der Waals surface area contributed by atoms with Crippen molar-refractivity contribution in [3.05, 3.63) is 35.9 Å². The van der Waals surface area contributed by atoms with E-state index in [-0.39, 0.29) is 23.9 Å². The van der Waals surface area contributed by atoms with Crippen LogP contribution in [0.25, 0.3) is 0 Å². The third kappa shape index (κ3) is 3.88. The highest BCUT2D eigenvalue weighted by atomic mass is 16.2. The van der Waals surface area contributed by atoms with Crippen LogP contribution in [0, 0.1) is 0 Å². The molecule has 2 heterocycles. The largest absolute Gasteiger partial charge is 0.333 e. The number of amides is 4. The van der Waals surface area contributed by atoms with Gasteiger partial charge in [-0.05, 0) is 31.9 Å². The van der Waals surface area contributed by atoms with Crippen LogP contribution in [-0.2, 0) is 9.59 Å². The summed E-state index contributed by atoms with van der Waals surface area (Å²) in [6.07, 6.45) is 4.25. The highest BCUT2D eigenvalue weighted by molar-refractivity contribution is 6.07. The molecule has 29 heavy (non-hydrogen) atoms. The number of hydrogen-bond acceptors (Lipinski definition) is 4. The second-order valence-electron chi connectivity index (χ2n) is 8.56. The van der Waals surface area contributed by atoms with Crippen LogP contribution < -0.4 is 5.32 Å². The molecule has 0 bridgehead atoms. The molecule has 1 aromatic rings. The molecular formula is C22H30N4O3. The molecule has 0 aromatic heterocycles. The number of nitrogens with zero attached hydrogens (tertiary/aromatic N) is 3. The lowest BCUT2D eigenvalue weighted by molar-refractivity contribution is -0.137. The lowest BCUT2D eigenvalue weighted by atomic mass is 9.98. The Morgan fingerprint density at radius 2 is 1.86 bits per heavy atom. The smallest absolute Gasteiger partial charge is 0.325 e. The molecule has 1 aromatic carbocycles. The highest BCUT2D eigenvalue weighted by Crippen LogP contribution is 2.35. The van der Waals surface area contributed by atoms with Gasteiger partial charge in [0, 0.05) is 32.6 Å². The highest BCUT2D eigenvalue weighted by Gasteiger charge is 2.52. The van der Waals surface area contributed by atoms with Crippen LogP contribution in [0.2, 0.25) is 0 Å². The standard InChI is InChI=1S/C22H30N4O3/c1-24-14-15-25(18(16-24)17-8-3-2-4-9-17)19(27)10-7-13-26-20(28)22(23-21(26)29)11-5-6-12-22/h2-4,8-9,18H,5-7,10-16H2,1H3,(H,23,29). The summed E-state index contributed by atoms with van der Waals surface area (Å²) in [5.74, 6) is -0.0104. The van der Waals surface area contributed by atoms with Crippen LogP contribution in [0.4, 0.5) is 4.79 Å². The molecule has 1 N–H and O–H groups in total. The van der Waals surface area contributed by atoms with Gasteiger partial charge in [0.2, 0.25) is 5.91 Å². The zero-order valence-electron chi connectivity index (χ0n) is 17.1. The molecule has 1 atom stereocenters. The van der Waals surface area contributed by atoms with Crippen LogP contribution in [-0.4, -0.2) is 71.3 Å². The molecule has 1 spiro atoms. The molecule has 3 aliphatic rings. The zero-order chi connectivity index (χ0) is 20.4. The van der Waals surface area contributed by atoms with Crippen molar-refractivity contribution in [1.82, 2.24) is 20.0 Å². The summed E-state index contributed by atoms with van der Waals surface area (Å²) in [6.45, 7) is 2.67. The van der Waals surface area contributed by atoms with E-state index >= 15 is 0 Å². The van der Waals surface area contributed by atoms with Crippen molar-refractivity contribution >= 4 is 17.8 Å². The summed E-state index contributed by atoms with van der Waals surface area (Å²) in [4.78, 5) is 43.5. The molecule has 3 fully saturated rings. The van der Waals surface area contributed by atoms with Crippen molar-refractivity contribution in [3.8, 4) is 0 Å². The quantitative estimate of drug-likeness (QED) is 0.772. The normalized spacial score (nSPS) is 24.4. The monoisotopic (exact) mass is 398 g/mol. The number of benzene rings is 1. The molecule has 1 aliphatic carbocycles. The van der Waals surface area contributed by atoms with Gasteiger partial charge in [-0.15, -0.1) is 0 Å². The molecule has 4 rings (SSSR count). The van der Waals surface area contributed by atoms with Gasteiger partial charge in [-0.2, -0.15) is 0 Å². The Kier molecular flexibility index (Phi) is 5.58. The van der Waals surface area contributed by atoms with E-state index in [2.05, 4.69) is 29.4 Å². The maximum absolute atomic E-state index is 13.0. The number of carbonyl (C=O) groups is 3. The van der Waals surface area contributed by atoms with E-state index in [0.717, 1.165) is 44.3 Å². The Morgan fingerprint density at radius 1 is 1.14 bits per heavy atom. The van der Waals surface area contributed by atoms with Crippen molar-refractivity contribution < 1.29 is 14.4 Å². The number of piperazine rings is 1. The first-order valence-electron chi connectivity index (χ1n) is 10.7. The topological polar surface area (TPSA) is 73.0 Å². The van der Waals surface area contributed by atoms with Gasteiger partial charge in [0.1, 0.15) is 5.54 Å². The Bertz CT molecular complexity index is 776. The summed E-state index contributed by atoms with van der Waals surface area (Å²) in [7, 11) is 2.08. The number of imide groups is 1. The van der Waals surface area contributed by atoms with E-state index in [1.165, 1.54) is 4.90 Å². The van der Waals surface area contributed by atoms with Crippen LogP contribution in [0.5, 0.6) is 0 Å². The first-order valence-corrected chi connectivity index (χ1v) is 10.7. The molecule has 7 nitrogen and oxygen atoms in total. The fourth-order valence-corrected chi connectivity index (χ4v) is 4.91. The SMILES string of the molecule is CN1CCN(C(=O)CCCN2C(=O)NC3(CCCC3)C2=O)C(c2ccccc2)C1. The molecule has 2 aliphatic heterocycles. The molecule has 4 amide bonds. The van der Waals surface area contributed by atoms with Gasteiger partial charge in [0.05, 0.1) is 6.04 Å². The van der Waals surface area contributed by atoms with Crippen molar-refractivity contribution in [2.75, 3.05) is 33.2 Å². The van der Waals surface area contributed by atoms with Crippen molar-refractivity contribution in [2.24, 2.45) is 0 Å². The fourth-order valence-electron chi connectivity index (χ4n) is 4.91. The van der Waals surface area contributed by atoms with Gasteiger partial charge < -0.3 is 15.1 Å². The van der Waals surface area contributed by atoms with Crippen LogP contribution in [0.1, 0.15) is 50.1 Å². The summed E-state index contributed by atoms with van der Waals surface area (Å²) < 4.78 is 0. The maximum Gasteiger partial charge on any atom is 0.325 e. The van der Waals surface area contributed by atoms with Gasteiger partial charge in [0.25, 0.3) is 5.91 Å². The third-order valence-electron chi connectivity index (χ3n) is 6.56. The third-order valence-corrected chi connectivity index (χ3v) is 6.56. The molecule has 2 saturated heterocycles. The lowest BCUT2D eigenvalue weighted by Crippen LogP contribution is -2.49. The molecular weight excluding hydrogens is 368 g/mol. The number of hydrogen-bond donors (Lipinski definition) is 1. The second-order valence-corrected chi connectivity index (χ2v) is 8.56. The lowest BCUT2D eigenvalue weighted by Gasteiger charge is -2.40. The number of likely N-dealkylation sites (N-methyl/N-ethyl adjacent to an activating group) is 1. The van der Waals surface area contributed by atoms with Gasteiger partial charge in [-0.25, -0.2) is 4.79 Å². The minimum atomic E-state index is -0.670. The zero-order valence-corrected chi connectivity index (χ0v) is 17.1. The Morgan fingerprint density at radius 3 is 2.59 bits per heavy atom. The minimum Gasteiger partial charge on any atom is -0.333 e. The predicted octanol–water partition coefficient (Wildman–Crippen LogP) is 2.15. The van der Waals surface area contributed by atoms with E-state index in [1.54, 1.807) is 0 Å². The molecule has 7 heteroatoms. The van der Waals surface area contributed by atoms with Gasteiger partial charge in [-0.3, -0.25) is 14.5 Å². The number of carbonyl (C=O) groups excluding carboxylic acids is 3. The number of rotatable bonds is 5. The van der Waals surface area contributed by atoms with Crippen LogP contribution in [0.3, 0.4) is 0 Å². The summed E-state index contributed by atoms with van der Waals surface area (Å²) >= 11 is 0. The van der Waals surface area contributed by atoms with Crippen LogP contribution >= 0.6 is 0 Å². The van der Waals surface area contributed by atoms with E-state index < -0.39 is 5.54 Å². The summed E-state index contributed by atoms with van der Waals surface area (Å²) in [5.41, 5.74) is 0.474. The van der Waals surface area contributed by atoms with Crippen molar-refractivity contribution in [2.45, 2.75) is 50.1 Å². The summed E-state index contributed by atoms with van der Waals surface area (Å²) in [6, 6.07) is 9.87. The average Bonchev–Trinajstić information content (AvgIpc) is 3.28. The van der Waals surface area contributed by atoms with Gasteiger partial charge in [0.15, 0.2) is 0 Å². The van der Waals surface area contributed by atoms with E-state index in [0.29, 0.717) is 25.9 Å². The first-order chi connectivity index (χ1) is 14.0. The molecule has 1 saturated carbocycles. The van der Waals surface area contributed by atoms with Gasteiger partial charge >= 0.3 is 6.03 Å². The van der Waals surface area contributed by atoms with Crippen LogP contribution in [0.15, 0.2) is 30.3 Å². The Labute approximate surface area is 172 Å². The molecule has 156 valence electrons. The summed E-state index contributed by atoms with van der Waals surface area (Å²) in [5, 5.41) is 2.90. The minimum absolute atomic E-state index is 0.0425. The predicted molar refractivity (Wildman–Crippen MR) is 109 cm³/mol. The average molecular weight is 399 g/mol. The van der Waals surface area contributed by atoms with E-state index in [4.69, 9.17) is 0 Å². The number of urea groups is 1. The van der Waals surface area contributed by atoms with Crippen molar-refractivity contribution in [1.29, 1.82) is 0 Å². The fraction of sp³-hybridized carbons (Fsp3) is 0.591. The Hall–Kier alpha value is -2.41. The maximum atomic E-state index is 13.0. The van der Waals surface area contributed by atoms with Gasteiger partial charge in [-0.1, -0.05) is 43.2 Å². The van der Waals surface area contributed by atoms with Crippen molar-refractivity contribution in [3.63, 3.8) is 0 Å². The van der Waals surface area contributed by atoms with E-state index in [9.17, 15) is 14.4 Å². The van der Waals surface area contributed by atoms with E-state index in [1.807, 2.05) is 23.1 Å². The second kappa shape index (κ2) is 8.14. The molecule has 0 radical (unpaired) electrons.